The van der Waals surface area contributed by atoms with Gasteiger partial charge in [-0.3, -0.25) is 0 Å². The van der Waals surface area contributed by atoms with Crippen LogP contribution in [0, 0.1) is 5.92 Å². The molecule has 1 fully saturated rings. The van der Waals surface area contributed by atoms with Gasteiger partial charge in [-0.2, -0.15) is 0 Å². The summed E-state index contributed by atoms with van der Waals surface area (Å²) >= 11 is 0. The molecule has 0 aromatic carbocycles. The first-order valence-corrected chi connectivity index (χ1v) is 5.80. The largest absolute Gasteiger partial charge is 0.444 e. The second kappa shape index (κ2) is 5.25. The van der Waals surface area contributed by atoms with Crippen LogP contribution in [-0.2, 0) is 4.74 Å². The summed E-state index contributed by atoms with van der Waals surface area (Å²) in [6, 6.07) is -0.110. The van der Waals surface area contributed by atoms with Crippen LogP contribution in [0.1, 0.15) is 40.0 Å². The van der Waals surface area contributed by atoms with E-state index in [2.05, 4.69) is 10.5 Å². The number of amidine groups is 1. The van der Waals surface area contributed by atoms with E-state index in [1.165, 1.54) is 0 Å². The Labute approximate surface area is 101 Å². The fourth-order valence-electron chi connectivity index (χ4n) is 2.02. The summed E-state index contributed by atoms with van der Waals surface area (Å²) < 4.78 is 5.17. The molecule has 0 aromatic rings. The van der Waals surface area contributed by atoms with E-state index in [4.69, 9.17) is 15.7 Å². The minimum absolute atomic E-state index is 0.104. The Morgan fingerprint density at radius 3 is 2.65 bits per heavy atom. The summed E-state index contributed by atoms with van der Waals surface area (Å²) in [6.45, 7) is 5.42. The van der Waals surface area contributed by atoms with Crippen molar-refractivity contribution in [3.8, 4) is 0 Å². The summed E-state index contributed by atoms with van der Waals surface area (Å²) in [5, 5.41) is 14.4. The highest BCUT2D eigenvalue weighted by atomic mass is 16.6. The molecule has 1 saturated carbocycles. The molecular formula is C11H21N3O3. The van der Waals surface area contributed by atoms with Crippen molar-refractivity contribution in [2.75, 3.05) is 0 Å². The number of oxime groups is 1. The smallest absolute Gasteiger partial charge is 0.407 e. The molecule has 0 heterocycles. The summed E-state index contributed by atoms with van der Waals surface area (Å²) in [5.74, 6) is 0.0658. The number of nitrogens with zero attached hydrogens (tertiary/aromatic N) is 1. The Morgan fingerprint density at radius 2 is 2.12 bits per heavy atom. The van der Waals surface area contributed by atoms with E-state index < -0.39 is 11.7 Å². The summed E-state index contributed by atoms with van der Waals surface area (Å²) in [4.78, 5) is 11.6. The van der Waals surface area contributed by atoms with E-state index in [-0.39, 0.29) is 17.8 Å². The number of hydrogen-bond acceptors (Lipinski definition) is 4. The zero-order valence-corrected chi connectivity index (χ0v) is 10.6. The Kier molecular flexibility index (Phi) is 4.20. The van der Waals surface area contributed by atoms with Gasteiger partial charge in [0.15, 0.2) is 0 Å². The Bertz CT molecular complexity index is 310. The van der Waals surface area contributed by atoms with Crippen LogP contribution < -0.4 is 11.1 Å². The molecule has 4 N–H and O–H groups in total. The predicted octanol–water partition coefficient (Wildman–Crippen LogP) is 1.43. The zero-order chi connectivity index (χ0) is 13.1. The van der Waals surface area contributed by atoms with E-state index in [9.17, 15) is 4.79 Å². The number of ether oxygens (including phenoxy) is 1. The number of alkyl carbamates (subject to hydrolysis) is 1. The van der Waals surface area contributed by atoms with Crippen LogP contribution in [0.15, 0.2) is 5.16 Å². The van der Waals surface area contributed by atoms with E-state index in [0.717, 1.165) is 19.3 Å². The Balaban J connectivity index is 2.53. The van der Waals surface area contributed by atoms with E-state index in [0.29, 0.717) is 0 Å². The molecule has 0 aromatic heterocycles. The second-order valence-electron chi connectivity index (χ2n) is 5.31. The van der Waals surface area contributed by atoms with Crippen LogP contribution in [0.5, 0.6) is 0 Å². The number of carbonyl (C=O) groups is 1. The number of nitrogens with one attached hydrogen (secondary N) is 1. The topological polar surface area (TPSA) is 96.9 Å². The molecule has 17 heavy (non-hydrogen) atoms. The van der Waals surface area contributed by atoms with Crippen molar-refractivity contribution in [3.63, 3.8) is 0 Å². The maximum Gasteiger partial charge on any atom is 0.407 e. The quantitative estimate of drug-likeness (QED) is 0.296. The molecule has 0 aliphatic heterocycles. The lowest BCUT2D eigenvalue weighted by Gasteiger charge is -2.24. The van der Waals surface area contributed by atoms with Crippen molar-refractivity contribution < 1.29 is 14.7 Å². The molecule has 1 rings (SSSR count). The lowest BCUT2D eigenvalue weighted by Crippen LogP contribution is -2.44. The third-order valence-electron chi connectivity index (χ3n) is 2.71. The van der Waals surface area contributed by atoms with Gasteiger partial charge < -0.3 is 21.0 Å². The molecule has 6 heteroatoms. The van der Waals surface area contributed by atoms with Gasteiger partial charge in [-0.15, -0.1) is 0 Å². The average Bonchev–Trinajstić information content (AvgIpc) is 2.61. The Morgan fingerprint density at radius 1 is 1.47 bits per heavy atom. The van der Waals surface area contributed by atoms with Crippen molar-refractivity contribution in [1.29, 1.82) is 0 Å². The third kappa shape index (κ3) is 4.13. The first-order chi connectivity index (χ1) is 7.83. The fourth-order valence-corrected chi connectivity index (χ4v) is 2.02. The van der Waals surface area contributed by atoms with Gasteiger partial charge in [0.05, 0.1) is 0 Å². The predicted molar refractivity (Wildman–Crippen MR) is 63.9 cm³/mol. The lowest BCUT2D eigenvalue weighted by molar-refractivity contribution is 0.0499. The van der Waals surface area contributed by atoms with Gasteiger partial charge in [-0.25, -0.2) is 4.79 Å². The first kappa shape index (κ1) is 13.6. The minimum atomic E-state index is -0.519. The first-order valence-electron chi connectivity index (χ1n) is 5.80. The molecule has 1 aliphatic rings. The van der Waals surface area contributed by atoms with E-state index in [1.807, 2.05) is 20.8 Å². The van der Waals surface area contributed by atoms with Gasteiger partial charge in [0.25, 0.3) is 0 Å². The molecule has 2 unspecified atom stereocenters. The van der Waals surface area contributed by atoms with Gasteiger partial charge in [0.1, 0.15) is 11.4 Å². The van der Waals surface area contributed by atoms with Crippen LogP contribution in [0.2, 0.25) is 0 Å². The van der Waals surface area contributed by atoms with Crippen molar-refractivity contribution in [2.24, 2.45) is 16.8 Å². The van der Waals surface area contributed by atoms with E-state index >= 15 is 0 Å². The molecule has 2 atom stereocenters. The SMILES string of the molecule is CC(C)(C)OC(=O)NC1CCCC1C(N)=NO. The molecule has 0 radical (unpaired) electrons. The molecule has 0 spiro atoms. The molecular weight excluding hydrogens is 222 g/mol. The average molecular weight is 243 g/mol. The molecule has 0 saturated heterocycles. The molecule has 1 amide bonds. The maximum atomic E-state index is 11.6. The zero-order valence-electron chi connectivity index (χ0n) is 10.6. The number of nitrogens with two attached hydrogens (primary N) is 1. The highest BCUT2D eigenvalue weighted by molar-refractivity contribution is 5.84. The molecule has 1 aliphatic carbocycles. The second-order valence-corrected chi connectivity index (χ2v) is 5.31. The summed E-state index contributed by atoms with van der Waals surface area (Å²) in [5.41, 5.74) is 5.06. The van der Waals surface area contributed by atoms with Crippen LogP contribution >= 0.6 is 0 Å². The van der Waals surface area contributed by atoms with Gasteiger partial charge in [-0.1, -0.05) is 11.6 Å². The van der Waals surface area contributed by atoms with Crippen molar-refractivity contribution in [3.05, 3.63) is 0 Å². The van der Waals surface area contributed by atoms with Gasteiger partial charge >= 0.3 is 6.09 Å². The molecule has 6 nitrogen and oxygen atoms in total. The summed E-state index contributed by atoms with van der Waals surface area (Å²) in [6.07, 6.45) is 2.12. The van der Waals surface area contributed by atoms with Crippen LogP contribution in [0.4, 0.5) is 4.79 Å². The fraction of sp³-hybridized carbons (Fsp3) is 0.818. The monoisotopic (exact) mass is 243 g/mol. The van der Waals surface area contributed by atoms with Crippen molar-refractivity contribution >= 4 is 11.9 Å². The van der Waals surface area contributed by atoms with E-state index in [1.54, 1.807) is 0 Å². The van der Waals surface area contributed by atoms with Gasteiger partial charge in [-0.05, 0) is 33.6 Å². The third-order valence-corrected chi connectivity index (χ3v) is 2.71. The number of carbonyl (C=O) groups excluding carboxylic acids is 1. The lowest BCUT2D eigenvalue weighted by atomic mass is 10.0. The Hall–Kier alpha value is -1.46. The molecule has 98 valence electrons. The number of hydrogen-bond donors (Lipinski definition) is 3. The highest BCUT2D eigenvalue weighted by Gasteiger charge is 2.32. The van der Waals surface area contributed by atoms with Gasteiger partial charge in [0, 0.05) is 12.0 Å². The summed E-state index contributed by atoms with van der Waals surface area (Å²) in [7, 11) is 0. The van der Waals surface area contributed by atoms with Crippen LogP contribution in [0.25, 0.3) is 0 Å². The van der Waals surface area contributed by atoms with Crippen molar-refractivity contribution in [1.82, 2.24) is 5.32 Å². The maximum absolute atomic E-state index is 11.6. The van der Waals surface area contributed by atoms with Crippen molar-refractivity contribution in [2.45, 2.75) is 51.7 Å². The minimum Gasteiger partial charge on any atom is -0.444 e. The van der Waals surface area contributed by atoms with Crippen LogP contribution in [-0.4, -0.2) is 28.8 Å². The molecule has 0 bridgehead atoms. The highest BCUT2D eigenvalue weighted by Crippen LogP contribution is 2.26. The standard InChI is InChI=1S/C11H21N3O3/c1-11(2,3)17-10(15)13-8-6-4-5-7(8)9(12)14-16/h7-8,16H,4-6H2,1-3H3,(H2,12,14)(H,13,15). The van der Waals surface area contributed by atoms with Gasteiger partial charge in [0.2, 0.25) is 0 Å². The number of amides is 1. The normalized spacial score (nSPS) is 25.7. The number of rotatable bonds is 2. The van der Waals surface area contributed by atoms with Crippen LogP contribution in [0.3, 0.4) is 0 Å².